The van der Waals surface area contributed by atoms with Gasteiger partial charge < -0.3 is 25.2 Å². The smallest absolute Gasteiger partial charge is 0.255 e. The number of hydrogen-bond acceptors (Lipinski definition) is 6. The van der Waals surface area contributed by atoms with E-state index in [4.69, 9.17) is 14.6 Å². The standard InChI is InChI=1S/C28H26N4O4/c1-17-26(28(34)30-20-7-5-4-6-8-20)27(19-11-14-23(33)24(15-19)36-3)32-25(29-17)16-22(31-32)18-9-12-21(35-2)13-10-18/h4-16,27,29,33H,1-3H3,(H,30,34)/t27-/m1/s1. The second-order valence-corrected chi connectivity index (χ2v) is 8.41. The van der Waals surface area contributed by atoms with Crippen molar-refractivity contribution in [1.29, 1.82) is 0 Å². The van der Waals surface area contributed by atoms with Gasteiger partial charge in [0.2, 0.25) is 0 Å². The molecule has 1 aliphatic rings. The summed E-state index contributed by atoms with van der Waals surface area (Å²) in [6.07, 6.45) is 0. The molecule has 1 aromatic heterocycles. The van der Waals surface area contributed by atoms with E-state index in [0.29, 0.717) is 22.7 Å². The molecule has 0 saturated carbocycles. The van der Waals surface area contributed by atoms with Crippen LogP contribution in [0.3, 0.4) is 0 Å². The molecule has 8 nitrogen and oxygen atoms in total. The van der Waals surface area contributed by atoms with Gasteiger partial charge >= 0.3 is 0 Å². The van der Waals surface area contributed by atoms with E-state index < -0.39 is 6.04 Å². The molecule has 0 spiro atoms. The van der Waals surface area contributed by atoms with Crippen LogP contribution in [0, 0.1) is 0 Å². The van der Waals surface area contributed by atoms with Gasteiger partial charge in [-0.15, -0.1) is 0 Å². The highest BCUT2D eigenvalue weighted by atomic mass is 16.5. The van der Waals surface area contributed by atoms with Crippen LogP contribution in [0.5, 0.6) is 17.2 Å². The van der Waals surface area contributed by atoms with Crippen molar-refractivity contribution in [2.75, 3.05) is 24.9 Å². The van der Waals surface area contributed by atoms with Crippen molar-refractivity contribution in [3.8, 4) is 28.5 Å². The van der Waals surface area contributed by atoms with Crippen molar-refractivity contribution < 1.29 is 19.4 Å². The minimum atomic E-state index is -0.563. The van der Waals surface area contributed by atoms with Crippen LogP contribution in [0.1, 0.15) is 18.5 Å². The lowest BCUT2D eigenvalue weighted by Gasteiger charge is -2.30. The van der Waals surface area contributed by atoms with Gasteiger partial charge in [-0.2, -0.15) is 5.10 Å². The first-order valence-corrected chi connectivity index (χ1v) is 11.4. The molecule has 0 fully saturated rings. The van der Waals surface area contributed by atoms with Crippen molar-refractivity contribution in [2.24, 2.45) is 0 Å². The van der Waals surface area contributed by atoms with Crippen LogP contribution in [0.25, 0.3) is 11.3 Å². The average molecular weight is 483 g/mol. The molecule has 8 heteroatoms. The molecule has 1 aliphatic heterocycles. The lowest BCUT2D eigenvalue weighted by molar-refractivity contribution is -0.113. The molecule has 0 aliphatic carbocycles. The van der Waals surface area contributed by atoms with Gasteiger partial charge in [0.1, 0.15) is 17.6 Å². The Morgan fingerprint density at radius 1 is 1.00 bits per heavy atom. The van der Waals surface area contributed by atoms with E-state index in [9.17, 15) is 9.90 Å². The summed E-state index contributed by atoms with van der Waals surface area (Å²) in [5.74, 6) is 1.58. The minimum absolute atomic E-state index is 0.0192. The number of aromatic hydroxyl groups is 1. The Kier molecular flexibility index (Phi) is 6.08. The molecular formula is C28H26N4O4. The molecular weight excluding hydrogens is 456 g/mol. The Bertz CT molecular complexity index is 1440. The number of phenols is 1. The highest BCUT2D eigenvalue weighted by molar-refractivity contribution is 6.06. The SMILES string of the molecule is COc1ccc(-c2cc3n(n2)[C@H](c2ccc(O)c(OC)c2)C(C(=O)Nc2ccccc2)=C(C)N3)cc1. The summed E-state index contributed by atoms with van der Waals surface area (Å²) in [6.45, 7) is 1.87. The van der Waals surface area contributed by atoms with Gasteiger partial charge in [-0.25, -0.2) is 4.68 Å². The normalized spacial score (nSPS) is 14.6. The molecule has 2 heterocycles. The number of rotatable bonds is 6. The lowest BCUT2D eigenvalue weighted by Crippen LogP contribution is -2.31. The zero-order valence-corrected chi connectivity index (χ0v) is 20.1. The summed E-state index contributed by atoms with van der Waals surface area (Å²) in [5, 5.41) is 21.4. The molecule has 3 aromatic carbocycles. The van der Waals surface area contributed by atoms with Crippen molar-refractivity contribution in [3.05, 3.63) is 95.7 Å². The third-order valence-electron chi connectivity index (χ3n) is 6.15. The first-order chi connectivity index (χ1) is 17.5. The Hall–Kier alpha value is -4.72. The molecule has 36 heavy (non-hydrogen) atoms. The summed E-state index contributed by atoms with van der Waals surface area (Å²) >= 11 is 0. The fourth-order valence-corrected chi connectivity index (χ4v) is 4.36. The van der Waals surface area contributed by atoms with E-state index in [0.717, 1.165) is 28.4 Å². The molecule has 4 aromatic rings. The topological polar surface area (TPSA) is 97.6 Å². The number of benzene rings is 3. The minimum Gasteiger partial charge on any atom is -0.504 e. The Balaban J connectivity index is 1.61. The molecule has 3 N–H and O–H groups in total. The zero-order chi connectivity index (χ0) is 25.2. The number of allylic oxidation sites excluding steroid dienone is 1. The van der Waals surface area contributed by atoms with Crippen LogP contribution in [0.4, 0.5) is 11.5 Å². The molecule has 0 saturated heterocycles. The summed E-state index contributed by atoms with van der Waals surface area (Å²) < 4.78 is 12.4. The third kappa shape index (κ3) is 4.24. The van der Waals surface area contributed by atoms with Crippen molar-refractivity contribution >= 4 is 17.4 Å². The predicted molar refractivity (Wildman–Crippen MR) is 138 cm³/mol. The number of ether oxygens (including phenoxy) is 2. The van der Waals surface area contributed by atoms with Gasteiger partial charge in [0, 0.05) is 23.0 Å². The van der Waals surface area contributed by atoms with Gasteiger partial charge in [0.05, 0.1) is 25.5 Å². The fourth-order valence-electron chi connectivity index (χ4n) is 4.36. The molecule has 0 radical (unpaired) electrons. The number of aromatic nitrogens is 2. The van der Waals surface area contributed by atoms with Gasteiger partial charge in [-0.05, 0) is 61.0 Å². The predicted octanol–water partition coefficient (Wildman–Crippen LogP) is 5.20. The van der Waals surface area contributed by atoms with Gasteiger partial charge in [0.25, 0.3) is 5.91 Å². The number of carbonyl (C=O) groups excluding carboxylic acids is 1. The largest absolute Gasteiger partial charge is 0.504 e. The second kappa shape index (κ2) is 9.50. The molecule has 182 valence electrons. The summed E-state index contributed by atoms with van der Waals surface area (Å²) in [6, 6.07) is 23.4. The summed E-state index contributed by atoms with van der Waals surface area (Å²) in [7, 11) is 3.12. The number of para-hydroxylation sites is 1. The van der Waals surface area contributed by atoms with E-state index in [1.54, 1.807) is 30.0 Å². The summed E-state index contributed by atoms with van der Waals surface area (Å²) in [5.41, 5.74) is 4.30. The maximum Gasteiger partial charge on any atom is 0.255 e. The number of methoxy groups -OCH3 is 2. The molecule has 0 bridgehead atoms. The first kappa shape index (κ1) is 23.0. The summed E-state index contributed by atoms with van der Waals surface area (Å²) in [4.78, 5) is 13.6. The highest BCUT2D eigenvalue weighted by Gasteiger charge is 2.34. The Morgan fingerprint density at radius 2 is 1.75 bits per heavy atom. The van der Waals surface area contributed by atoms with E-state index >= 15 is 0 Å². The van der Waals surface area contributed by atoms with Crippen molar-refractivity contribution in [1.82, 2.24) is 9.78 Å². The van der Waals surface area contributed by atoms with Crippen LogP contribution >= 0.6 is 0 Å². The molecule has 0 unspecified atom stereocenters. The fraction of sp³-hybridized carbons (Fsp3) is 0.143. The zero-order valence-electron chi connectivity index (χ0n) is 20.1. The third-order valence-corrected chi connectivity index (χ3v) is 6.15. The van der Waals surface area contributed by atoms with E-state index in [2.05, 4.69) is 10.6 Å². The maximum absolute atomic E-state index is 13.6. The Morgan fingerprint density at radius 3 is 2.44 bits per heavy atom. The van der Waals surface area contributed by atoms with E-state index in [1.807, 2.05) is 67.6 Å². The average Bonchev–Trinajstić information content (AvgIpc) is 3.32. The lowest BCUT2D eigenvalue weighted by atomic mass is 9.94. The number of hydrogen-bond donors (Lipinski definition) is 3. The van der Waals surface area contributed by atoms with Crippen LogP contribution in [-0.2, 0) is 4.79 Å². The molecule has 1 atom stereocenters. The van der Waals surface area contributed by atoms with Gasteiger partial charge in [-0.1, -0.05) is 24.3 Å². The molecule has 5 rings (SSSR count). The second-order valence-electron chi connectivity index (χ2n) is 8.41. The van der Waals surface area contributed by atoms with Crippen molar-refractivity contribution in [3.63, 3.8) is 0 Å². The number of anilines is 2. The first-order valence-electron chi connectivity index (χ1n) is 11.4. The van der Waals surface area contributed by atoms with Gasteiger partial charge in [-0.3, -0.25) is 4.79 Å². The van der Waals surface area contributed by atoms with Gasteiger partial charge in [0.15, 0.2) is 11.5 Å². The van der Waals surface area contributed by atoms with Crippen LogP contribution in [0.2, 0.25) is 0 Å². The van der Waals surface area contributed by atoms with Crippen LogP contribution in [0.15, 0.2) is 90.1 Å². The van der Waals surface area contributed by atoms with Crippen LogP contribution < -0.4 is 20.1 Å². The molecule has 1 amide bonds. The monoisotopic (exact) mass is 482 g/mol. The van der Waals surface area contributed by atoms with Crippen LogP contribution in [-0.4, -0.2) is 35.0 Å². The van der Waals surface area contributed by atoms with E-state index in [1.165, 1.54) is 7.11 Å². The number of amides is 1. The van der Waals surface area contributed by atoms with E-state index in [-0.39, 0.29) is 11.7 Å². The number of phenolic OH excluding ortho intramolecular Hbond substituents is 1. The highest BCUT2D eigenvalue weighted by Crippen LogP contribution is 2.40. The Labute approximate surface area is 208 Å². The maximum atomic E-state index is 13.6. The number of carbonyl (C=O) groups is 1. The van der Waals surface area contributed by atoms with Crippen molar-refractivity contribution in [2.45, 2.75) is 13.0 Å². The quantitative estimate of drug-likeness (QED) is 0.350. The number of fused-ring (bicyclic) bond motifs is 1. The number of nitrogens with one attached hydrogen (secondary N) is 2. The number of nitrogens with zero attached hydrogens (tertiary/aromatic N) is 2.